The van der Waals surface area contributed by atoms with Crippen LogP contribution in [0.25, 0.3) is 5.69 Å². The molecule has 2 heterocycles. The van der Waals surface area contributed by atoms with Gasteiger partial charge in [0.2, 0.25) is 11.7 Å². The maximum Gasteiger partial charge on any atom is 0.222 e. The summed E-state index contributed by atoms with van der Waals surface area (Å²) in [5, 5.41) is 16.4. The molecule has 0 unspecified atom stereocenters. The molecule has 0 saturated heterocycles. The van der Waals surface area contributed by atoms with E-state index in [1.807, 2.05) is 37.3 Å². The summed E-state index contributed by atoms with van der Waals surface area (Å²) < 4.78 is 21.7. The number of para-hydroxylation sites is 1. The molecule has 2 aromatic carbocycles. The van der Waals surface area contributed by atoms with Crippen LogP contribution in [0.3, 0.4) is 0 Å². The van der Waals surface area contributed by atoms with Crippen LogP contribution in [0.5, 0.6) is 5.88 Å². The summed E-state index contributed by atoms with van der Waals surface area (Å²) in [5.74, 6) is -0.995. The van der Waals surface area contributed by atoms with Crippen LogP contribution in [0, 0.1) is 12.7 Å². The molecule has 2 aliphatic rings. The second-order valence-electron chi connectivity index (χ2n) is 7.98. The lowest BCUT2D eigenvalue weighted by Crippen LogP contribution is -2.61. The molecule has 4 nitrogen and oxygen atoms in total. The van der Waals surface area contributed by atoms with Gasteiger partial charge < -0.3 is 9.84 Å². The van der Waals surface area contributed by atoms with Crippen LogP contribution >= 0.6 is 0 Å². The zero-order valence-electron chi connectivity index (χ0n) is 15.9. The Bertz CT molecular complexity index is 1020. The fourth-order valence-corrected chi connectivity index (χ4v) is 4.89. The predicted octanol–water partition coefficient (Wildman–Crippen LogP) is 4.46. The lowest BCUT2D eigenvalue weighted by atomic mass is 9.61. The van der Waals surface area contributed by atoms with Gasteiger partial charge in [-0.25, -0.2) is 9.07 Å². The van der Waals surface area contributed by atoms with Gasteiger partial charge in [-0.1, -0.05) is 36.8 Å². The molecule has 28 heavy (non-hydrogen) atoms. The first-order valence-corrected chi connectivity index (χ1v) is 9.84. The molecule has 1 fully saturated rings. The number of aliphatic hydroxyl groups is 1. The molecule has 1 saturated carbocycles. The normalized spacial score (nSPS) is 26.2. The fourth-order valence-electron chi connectivity index (χ4n) is 4.89. The molecule has 1 aliphatic heterocycles. The molecule has 0 radical (unpaired) electrons. The molecule has 0 amide bonds. The zero-order chi connectivity index (χ0) is 19.4. The highest BCUT2D eigenvalue weighted by molar-refractivity contribution is 5.47. The lowest BCUT2D eigenvalue weighted by molar-refractivity contribution is -0.222. The number of aromatic nitrogens is 2. The molecule has 3 aromatic rings. The number of aryl methyl sites for hydroxylation is 1. The van der Waals surface area contributed by atoms with E-state index in [0.717, 1.165) is 41.8 Å². The minimum atomic E-state index is -1.34. The van der Waals surface area contributed by atoms with E-state index in [2.05, 4.69) is 0 Å². The standard InChI is InChI=1S/C23H23FN2O2/c1-16-20-15-22(17-9-11-18(24)12-10-17)13-5-6-14-23(22,27)28-21(20)26(25-16)19-7-3-2-4-8-19/h2-4,7-12,27H,5-6,13-15H2,1H3/t22-,23+/m1/s1. The number of halogens is 1. The van der Waals surface area contributed by atoms with E-state index in [1.165, 1.54) is 12.1 Å². The van der Waals surface area contributed by atoms with Crippen LogP contribution in [-0.4, -0.2) is 20.7 Å². The smallest absolute Gasteiger partial charge is 0.222 e. The Morgan fingerprint density at radius 3 is 2.50 bits per heavy atom. The van der Waals surface area contributed by atoms with E-state index >= 15 is 0 Å². The number of hydrogen-bond acceptors (Lipinski definition) is 3. The van der Waals surface area contributed by atoms with Crippen molar-refractivity contribution in [3.05, 3.63) is 77.2 Å². The van der Waals surface area contributed by atoms with Gasteiger partial charge >= 0.3 is 0 Å². The third kappa shape index (κ3) is 2.42. The molecule has 5 rings (SSSR count). The van der Waals surface area contributed by atoms with Crippen molar-refractivity contribution in [2.24, 2.45) is 0 Å². The number of fused-ring (bicyclic) bond motifs is 2. The van der Waals surface area contributed by atoms with Crippen molar-refractivity contribution >= 4 is 0 Å². The second-order valence-corrected chi connectivity index (χ2v) is 7.98. The van der Waals surface area contributed by atoms with E-state index in [4.69, 9.17) is 9.84 Å². The minimum absolute atomic E-state index is 0.273. The summed E-state index contributed by atoms with van der Waals surface area (Å²) in [5.41, 5.74) is 3.14. The summed E-state index contributed by atoms with van der Waals surface area (Å²) in [6.07, 6.45) is 3.87. The number of ether oxygens (including phenoxy) is 1. The van der Waals surface area contributed by atoms with Crippen LogP contribution in [0.2, 0.25) is 0 Å². The monoisotopic (exact) mass is 378 g/mol. The average Bonchev–Trinajstić information content (AvgIpc) is 3.02. The molecule has 1 aliphatic carbocycles. The van der Waals surface area contributed by atoms with Crippen molar-refractivity contribution < 1.29 is 14.2 Å². The van der Waals surface area contributed by atoms with Crippen LogP contribution in [0.15, 0.2) is 54.6 Å². The van der Waals surface area contributed by atoms with Crippen molar-refractivity contribution in [1.82, 2.24) is 9.78 Å². The Balaban J connectivity index is 1.68. The second kappa shape index (κ2) is 6.17. The topological polar surface area (TPSA) is 47.3 Å². The van der Waals surface area contributed by atoms with Gasteiger partial charge in [-0.05, 0) is 56.0 Å². The zero-order valence-corrected chi connectivity index (χ0v) is 15.9. The van der Waals surface area contributed by atoms with E-state index in [9.17, 15) is 9.50 Å². The molecular formula is C23H23FN2O2. The number of nitrogens with zero attached hydrogens (tertiary/aromatic N) is 2. The van der Waals surface area contributed by atoms with Crippen LogP contribution in [0.1, 0.15) is 42.5 Å². The first-order valence-electron chi connectivity index (χ1n) is 9.84. The van der Waals surface area contributed by atoms with Gasteiger partial charge in [-0.2, -0.15) is 5.10 Å². The first kappa shape index (κ1) is 17.4. The molecule has 144 valence electrons. The summed E-state index contributed by atoms with van der Waals surface area (Å²) >= 11 is 0. The largest absolute Gasteiger partial charge is 0.444 e. The highest BCUT2D eigenvalue weighted by atomic mass is 19.1. The average molecular weight is 378 g/mol. The Kier molecular flexibility index (Phi) is 3.85. The maximum absolute atomic E-state index is 13.6. The third-order valence-electron chi connectivity index (χ3n) is 6.40. The molecule has 0 spiro atoms. The number of benzene rings is 2. The van der Waals surface area contributed by atoms with Gasteiger partial charge in [0.25, 0.3) is 0 Å². The highest BCUT2D eigenvalue weighted by Gasteiger charge is 2.59. The van der Waals surface area contributed by atoms with Crippen LogP contribution < -0.4 is 4.74 Å². The molecule has 1 aromatic heterocycles. The summed E-state index contributed by atoms with van der Waals surface area (Å²) in [7, 11) is 0. The quantitative estimate of drug-likeness (QED) is 0.716. The highest BCUT2D eigenvalue weighted by Crippen LogP contribution is 2.54. The van der Waals surface area contributed by atoms with Crippen molar-refractivity contribution in [2.75, 3.05) is 0 Å². The molecule has 0 bridgehead atoms. The van der Waals surface area contributed by atoms with Crippen LogP contribution in [0.4, 0.5) is 4.39 Å². The lowest BCUT2D eigenvalue weighted by Gasteiger charge is -2.52. The minimum Gasteiger partial charge on any atom is -0.444 e. The van der Waals surface area contributed by atoms with Gasteiger partial charge in [-0.15, -0.1) is 0 Å². The van der Waals surface area contributed by atoms with Crippen molar-refractivity contribution in [3.8, 4) is 11.6 Å². The van der Waals surface area contributed by atoms with E-state index in [0.29, 0.717) is 18.7 Å². The summed E-state index contributed by atoms with van der Waals surface area (Å²) in [6.45, 7) is 1.98. The number of hydrogen-bond donors (Lipinski definition) is 1. The predicted molar refractivity (Wildman–Crippen MR) is 104 cm³/mol. The Labute approximate surface area is 163 Å². The van der Waals surface area contributed by atoms with E-state index in [-0.39, 0.29) is 5.82 Å². The molecule has 2 atom stereocenters. The van der Waals surface area contributed by atoms with Gasteiger partial charge in [0, 0.05) is 12.0 Å². The molecular weight excluding hydrogens is 355 g/mol. The van der Waals surface area contributed by atoms with Crippen molar-refractivity contribution in [3.63, 3.8) is 0 Å². The Hall–Kier alpha value is -2.66. The first-order chi connectivity index (χ1) is 13.5. The van der Waals surface area contributed by atoms with E-state index in [1.54, 1.807) is 16.8 Å². The van der Waals surface area contributed by atoms with Crippen LogP contribution in [-0.2, 0) is 11.8 Å². The number of rotatable bonds is 2. The SMILES string of the molecule is Cc1nn(-c2ccccc2)c2c1C[C@@]1(c3ccc(F)cc3)CCCC[C@]1(O)O2. The summed E-state index contributed by atoms with van der Waals surface area (Å²) in [6, 6.07) is 16.3. The molecule has 5 heteroatoms. The van der Waals surface area contributed by atoms with Gasteiger partial charge in [0.1, 0.15) is 5.82 Å². The van der Waals surface area contributed by atoms with Gasteiger partial charge in [0.15, 0.2) is 0 Å². The maximum atomic E-state index is 13.6. The fraction of sp³-hybridized carbons (Fsp3) is 0.348. The summed E-state index contributed by atoms with van der Waals surface area (Å²) in [4.78, 5) is 0. The van der Waals surface area contributed by atoms with Crippen molar-refractivity contribution in [2.45, 2.75) is 50.2 Å². The van der Waals surface area contributed by atoms with Gasteiger partial charge in [-0.3, -0.25) is 0 Å². The molecule has 1 N–H and O–H groups in total. The Morgan fingerprint density at radius 2 is 1.75 bits per heavy atom. The van der Waals surface area contributed by atoms with E-state index < -0.39 is 11.2 Å². The van der Waals surface area contributed by atoms with Crippen molar-refractivity contribution in [1.29, 1.82) is 0 Å². The van der Waals surface area contributed by atoms with Gasteiger partial charge in [0.05, 0.1) is 16.8 Å². The Morgan fingerprint density at radius 1 is 1.04 bits per heavy atom. The third-order valence-corrected chi connectivity index (χ3v) is 6.40.